The molecule has 0 N–H and O–H groups in total. The summed E-state index contributed by atoms with van der Waals surface area (Å²) in [6.45, 7) is 5.02. The van der Waals surface area contributed by atoms with Crippen molar-refractivity contribution in [1.29, 1.82) is 0 Å². The van der Waals surface area contributed by atoms with Crippen LogP contribution in [0.3, 0.4) is 0 Å². The first kappa shape index (κ1) is 20.1. The summed E-state index contributed by atoms with van der Waals surface area (Å²) in [7, 11) is 0. The van der Waals surface area contributed by atoms with Gasteiger partial charge in [0.05, 0.1) is 11.7 Å². The summed E-state index contributed by atoms with van der Waals surface area (Å²) in [5.41, 5.74) is 2.38. The number of carbonyl (C=O) groups excluding carboxylic acids is 1. The maximum Gasteiger partial charge on any atom is 0.338 e. The van der Waals surface area contributed by atoms with Gasteiger partial charge in [-0.05, 0) is 63.1 Å². The highest BCUT2D eigenvalue weighted by Gasteiger charge is 2.20. The van der Waals surface area contributed by atoms with E-state index in [1.54, 1.807) is 31.2 Å². The van der Waals surface area contributed by atoms with Crippen LogP contribution in [0.1, 0.15) is 47.7 Å². The highest BCUT2D eigenvalue weighted by molar-refractivity contribution is 5.89. The molecule has 1 aromatic heterocycles. The molecule has 2 atom stereocenters. The second kappa shape index (κ2) is 9.09. The second-order valence-corrected chi connectivity index (χ2v) is 7.33. The molecule has 0 unspecified atom stereocenters. The van der Waals surface area contributed by atoms with Gasteiger partial charge < -0.3 is 18.6 Å². The first-order valence-electron chi connectivity index (χ1n) is 10.0. The molecule has 156 valence electrons. The fraction of sp³-hybridized carbons (Fsp3) is 0.348. The van der Waals surface area contributed by atoms with Crippen molar-refractivity contribution in [3.63, 3.8) is 0 Å². The van der Waals surface area contributed by atoms with Crippen molar-refractivity contribution in [3.8, 4) is 17.2 Å². The minimum Gasteiger partial charge on any atom is -0.491 e. The molecule has 1 saturated heterocycles. The lowest BCUT2D eigenvalue weighted by Gasteiger charge is -2.12. The van der Waals surface area contributed by atoms with Crippen molar-refractivity contribution < 1.29 is 23.4 Å². The number of rotatable bonds is 7. The number of esters is 1. The second-order valence-electron chi connectivity index (χ2n) is 7.33. The number of aromatic nitrogens is 2. The third-order valence-electron chi connectivity index (χ3n) is 4.92. The molecule has 3 aromatic rings. The van der Waals surface area contributed by atoms with Gasteiger partial charge in [-0.2, -0.15) is 0 Å². The van der Waals surface area contributed by atoms with Crippen LogP contribution in [0, 0.1) is 6.92 Å². The predicted molar refractivity (Wildman–Crippen MR) is 109 cm³/mol. The van der Waals surface area contributed by atoms with Crippen molar-refractivity contribution in [2.45, 2.75) is 38.9 Å². The molecule has 0 bridgehead atoms. The Hall–Kier alpha value is -3.19. The summed E-state index contributed by atoms with van der Waals surface area (Å²) in [5.74, 6) is 0.856. The van der Waals surface area contributed by atoms with Gasteiger partial charge in [0, 0.05) is 12.2 Å². The van der Waals surface area contributed by atoms with Crippen LogP contribution in [-0.2, 0) is 9.47 Å². The third kappa shape index (κ3) is 4.86. The van der Waals surface area contributed by atoms with E-state index in [0.29, 0.717) is 23.8 Å². The Kier molecular flexibility index (Phi) is 6.09. The Balaban J connectivity index is 1.33. The average molecular weight is 408 g/mol. The minimum absolute atomic E-state index is 0.148. The Morgan fingerprint density at radius 3 is 2.60 bits per heavy atom. The molecule has 2 aromatic carbocycles. The summed E-state index contributed by atoms with van der Waals surface area (Å²) >= 11 is 0. The van der Waals surface area contributed by atoms with Crippen molar-refractivity contribution in [1.82, 2.24) is 10.2 Å². The number of benzene rings is 2. The lowest BCUT2D eigenvalue weighted by molar-refractivity contribution is 0.0279. The van der Waals surface area contributed by atoms with Gasteiger partial charge in [0.1, 0.15) is 12.4 Å². The van der Waals surface area contributed by atoms with Crippen LogP contribution in [0.5, 0.6) is 5.75 Å². The Morgan fingerprint density at radius 1 is 1.13 bits per heavy atom. The Labute approximate surface area is 175 Å². The van der Waals surface area contributed by atoms with Crippen LogP contribution >= 0.6 is 0 Å². The number of nitrogens with zero attached hydrogens (tertiary/aromatic N) is 2. The number of carbonyl (C=O) groups is 1. The molecule has 0 radical (unpaired) electrons. The summed E-state index contributed by atoms with van der Waals surface area (Å²) in [5, 5.41) is 8.06. The molecule has 0 aliphatic carbocycles. The van der Waals surface area contributed by atoms with Crippen molar-refractivity contribution in [2.24, 2.45) is 0 Å². The van der Waals surface area contributed by atoms with Gasteiger partial charge in [-0.1, -0.05) is 17.7 Å². The molecule has 2 heterocycles. The number of hydrogen-bond acceptors (Lipinski definition) is 7. The summed E-state index contributed by atoms with van der Waals surface area (Å²) in [6.07, 6.45) is 1.57. The van der Waals surface area contributed by atoms with Gasteiger partial charge in [0.15, 0.2) is 6.10 Å². The number of aryl methyl sites for hydroxylation is 1. The minimum atomic E-state index is -0.667. The largest absolute Gasteiger partial charge is 0.491 e. The van der Waals surface area contributed by atoms with Crippen LogP contribution in [0.25, 0.3) is 11.5 Å². The van der Waals surface area contributed by atoms with E-state index in [1.807, 2.05) is 31.2 Å². The van der Waals surface area contributed by atoms with Gasteiger partial charge in [0.25, 0.3) is 5.89 Å². The van der Waals surface area contributed by atoms with Crippen LogP contribution in [0.15, 0.2) is 52.9 Å². The van der Waals surface area contributed by atoms with E-state index < -0.39 is 12.1 Å². The van der Waals surface area contributed by atoms with Gasteiger partial charge in [0.2, 0.25) is 5.89 Å². The molecule has 7 nitrogen and oxygen atoms in total. The zero-order chi connectivity index (χ0) is 20.9. The lowest BCUT2D eigenvalue weighted by atomic mass is 10.1. The smallest absolute Gasteiger partial charge is 0.338 e. The van der Waals surface area contributed by atoms with E-state index in [4.69, 9.17) is 18.6 Å². The molecular weight excluding hydrogens is 384 g/mol. The van der Waals surface area contributed by atoms with Crippen LogP contribution in [0.4, 0.5) is 0 Å². The molecule has 1 aliphatic rings. The maximum atomic E-state index is 12.4. The number of ether oxygens (including phenoxy) is 3. The van der Waals surface area contributed by atoms with Crippen molar-refractivity contribution >= 4 is 5.97 Å². The molecular formula is C23H24N2O5. The van der Waals surface area contributed by atoms with Gasteiger partial charge in [-0.3, -0.25) is 0 Å². The van der Waals surface area contributed by atoms with Crippen molar-refractivity contribution in [3.05, 3.63) is 65.5 Å². The molecule has 0 saturated carbocycles. The third-order valence-corrected chi connectivity index (χ3v) is 4.92. The average Bonchev–Trinajstić information content (AvgIpc) is 3.45. The monoisotopic (exact) mass is 408 g/mol. The zero-order valence-electron chi connectivity index (χ0n) is 17.0. The van der Waals surface area contributed by atoms with E-state index in [9.17, 15) is 4.79 Å². The van der Waals surface area contributed by atoms with Crippen molar-refractivity contribution in [2.75, 3.05) is 13.2 Å². The van der Waals surface area contributed by atoms with Crippen LogP contribution < -0.4 is 4.74 Å². The van der Waals surface area contributed by atoms with Crippen LogP contribution in [-0.4, -0.2) is 35.5 Å². The van der Waals surface area contributed by atoms with E-state index in [0.717, 1.165) is 30.6 Å². The fourth-order valence-corrected chi connectivity index (χ4v) is 3.14. The SMILES string of the molecule is Cc1ccc(-c2nnc([C@H](C)OC(=O)c3ccc(OC[C@@H]4CCCO4)cc3)o2)cc1. The van der Waals surface area contributed by atoms with Gasteiger partial charge >= 0.3 is 5.97 Å². The normalized spacial score (nSPS) is 16.9. The van der Waals surface area contributed by atoms with Crippen LogP contribution in [0.2, 0.25) is 0 Å². The highest BCUT2D eigenvalue weighted by atomic mass is 16.6. The lowest BCUT2D eigenvalue weighted by Crippen LogP contribution is -2.16. The molecule has 0 amide bonds. The Bertz CT molecular complexity index is 976. The molecule has 1 aliphatic heterocycles. The number of hydrogen-bond donors (Lipinski definition) is 0. The quantitative estimate of drug-likeness (QED) is 0.531. The van der Waals surface area contributed by atoms with E-state index in [-0.39, 0.29) is 12.0 Å². The predicted octanol–water partition coefficient (Wildman–Crippen LogP) is 4.52. The van der Waals surface area contributed by atoms with E-state index >= 15 is 0 Å². The first-order valence-corrected chi connectivity index (χ1v) is 10.0. The fourth-order valence-electron chi connectivity index (χ4n) is 3.14. The highest BCUT2D eigenvalue weighted by Crippen LogP contribution is 2.24. The van der Waals surface area contributed by atoms with E-state index in [1.165, 1.54) is 0 Å². The first-order chi connectivity index (χ1) is 14.6. The molecule has 30 heavy (non-hydrogen) atoms. The Morgan fingerprint density at radius 2 is 1.90 bits per heavy atom. The molecule has 4 rings (SSSR count). The molecule has 7 heteroatoms. The van der Waals surface area contributed by atoms with E-state index in [2.05, 4.69) is 10.2 Å². The molecule has 1 fully saturated rings. The zero-order valence-corrected chi connectivity index (χ0v) is 17.0. The summed E-state index contributed by atoms with van der Waals surface area (Å²) in [6, 6.07) is 14.6. The summed E-state index contributed by atoms with van der Waals surface area (Å²) < 4.78 is 22.4. The summed E-state index contributed by atoms with van der Waals surface area (Å²) in [4.78, 5) is 12.4. The maximum absolute atomic E-state index is 12.4. The van der Waals surface area contributed by atoms with Gasteiger partial charge in [-0.25, -0.2) is 4.79 Å². The van der Waals surface area contributed by atoms with Gasteiger partial charge in [-0.15, -0.1) is 10.2 Å². The topological polar surface area (TPSA) is 83.7 Å². The standard InChI is InChI=1S/C23H24N2O5/c1-15-5-7-17(8-6-15)22-25-24-21(30-22)16(2)29-23(26)18-9-11-19(12-10-18)28-14-20-4-3-13-27-20/h5-12,16,20H,3-4,13-14H2,1-2H3/t16-,20-/m0/s1. The molecule has 0 spiro atoms.